The molecule has 1 aromatic carbocycles. The van der Waals surface area contributed by atoms with Crippen molar-refractivity contribution < 1.29 is 8.85 Å². The molecule has 1 fully saturated rings. The average molecular weight is 484 g/mol. The summed E-state index contributed by atoms with van der Waals surface area (Å²) in [6, 6.07) is 8.89. The van der Waals surface area contributed by atoms with Gasteiger partial charge < -0.3 is 4.42 Å². The highest BCUT2D eigenvalue weighted by Crippen LogP contribution is 2.56. The van der Waals surface area contributed by atoms with E-state index >= 15 is 0 Å². The third-order valence-electron chi connectivity index (χ3n) is 5.94. The predicted molar refractivity (Wildman–Crippen MR) is 147 cm³/mol. The van der Waals surface area contributed by atoms with Crippen molar-refractivity contribution >= 4 is 40.7 Å². The second-order valence-corrected chi connectivity index (χ2v) is 10.4. The first-order valence-electron chi connectivity index (χ1n) is 11.7. The molecular formula is C30H27O2S2+. The molecule has 2 heterocycles. The molecular weight excluding hydrogens is 456 g/mol. The van der Waals surface area contributed by atoms with Crippen LogP contribution < -0.4 is 0 Å². The third kappa shape index (κ3) is 4.59. The van der Waals surface area contributed by atoms with Gasteiger partial charge in [-0.15, -0.1) is 16.7 Å². The van der Waals surface area contributed by atoms with Crippen molar-refractivity contribution in [1.29, 1.82) is 0 Å². The van der Waals surface area contributed by atoms with Crippen LogP contribution in [0.3, 0.4) is 0 Å². The van der Waals surface area contributed by atoms with E-state index in [1.165, 1.54) is 31.4 Å². The van der Waals surface area contributed by atoms with Crippen LogP contribution in [0, 0.1) is 11.8 Å². The van der Waals surface area contributed by atoms with E-state index in [1.54, 1.807) is 0 Å². The first-order valence-corrected chi connectivity index (χ1v) is 13.4. The Bertz CT molecular complexity index is 1280. The normalized spacial score (nSPS) is 25.1. The highest BCUT2D eigenvalue weighted by Gasteiger charge is 2.38. The fourth-order valence-corrected chi connectivity index (χ4v) is 7.01. The van der Waals surface area contributed by atoms with Gasteiger partial charge in [0, 0.05) is 25.7 Å². The molecule has 1 aromatic rings. The van der Waals surface area contributed by atoms with Gasteiger partial charge in [0.1, 0.15) is 5.57 Å². The summed E-state index contributed by atoms with van der Waals surface area (Å²) in [5, 5.41) is 0.168. The number of fused-ring (bicyclic) bond motifs is 2. The van der Waals surface area contributed by atoms with E-state index in [4.69, 9.17) is 8.85 Å². The van der Waals surface area contributed by atoms with Crippen LogP contribution in [0.25, 0.3) is 4.91 Å². The summed E-state index contributed by atoms with van der Waals surface area (Å²) in [5.41, 5.74) is 4.74. The van der Waals surface area contributed by atoms with Crippen molar-refractivity contribution in [1.82, 2.24) is 0 Å². The lowest BCUT2D eigenvalue weighted by molar-refractivity contribution is 0.123. The lowest BCUT2D eigenvalue weighted by Crippen LogP contribution is -2.03. The molecule has 0 radical (unpaired) electrons. The second-order valence-electron chi connectivity index (χ2n) is 8.13. The Kier molecular flexibility index (Phi) is 7.20. The molecule has 34 heavy (non-hydrogen) atoms. The van der Waals surface area contributed by atoms with Gasteiger partial charge in [-0.1, -0.05) is 96.2 Å². The summed E-state index contributed by atoms with van der Waals surface area (Å²) in [7, 11) is 0. The molecule has 170 valence electrons. The topological polar surface area (TPSA) is 22.6 Å². The van der Waals surface area contributed by atoms with Crippen LogP contribution in [-0.2, 0) is 8.85 Å². The van der Waals surface area contributed by atoms with Gasteiger partial charge in [0.05, 0.1) is 5.25 Å². The van der Waals surface area contributed by atoms with Crippen molar-refractivity contribution in [2.45, 2.75) is 19.1 Å². The molecule has 1 saturated heterocycles. The van der Waals surface area contributed by atoms with Crippen molar-refractivity contribution in [2.75, 3.05) is 13.2 Å². The molecule has 0 saturated carbocycles. The van der Waals surface area contributed by atoms with Crippen molar-refractivity contribution in [3.8, 4) is 0 Å². The van der Waals surface area contributed by atoms with Gasteiger partial charge in [-0.25, -0.2) is 4.42 Å². The zero-order chi connectivity index (χ0) is 23.3. The molecule has 4 aliphatic rings. The van der Waals surface area contributed by atoms with Crippen LogP contribution >= 0.6 is 23.5 Å². The first-order chi connectivity index (χ1) is 16.8. The molecule has 3 unspecified atom stereocenters. The molecule has 2 aliphatic heterocycles. The minimum Gasteiger partial charge on any atom is -0.352 e. The molecule has 0 bridgehead atoms. The molecule has 0 spiro atoms. The molecule has 4 heteroatoms. The Morgan fingerprint density at radius 1 is 0.912 bits per heavy atom. The zero-order valence-corrected chi connectivity index (χ0v) is 21.0. The molecule has 2 nitrogen and oxygen atoms in total. The summed E-state index contributed by atoms with van der Waals surface area (Å²) in [4.78, 5) is 3.85. The Balaban J connectivity index is 1.57. The van der Waals surface area contributed by atoms with Crippen LogP contribution in [0.2, 0.25) is 0 Å². The first kappa shape index (κ1) is 23.0. The standard InChI is InChI=1S/C30H27O2S2/c1-3-31-19-25-23-14-7-5-9-16-27(23)33-29(25)21-12-11-13-22(18-21)30-26(20-32-4-2)24-15-8-6-10-17-28(24)34-30/h5-18,23-24,29H,3-4H2,1-2H3/q+1. The summed E-state index contributed by atoms with van der Waals surface area (Å²) in [6.07, 6.45) is 24.7. The maximum absolute atomic E-state index is 5.68. The van der Waals surface area contributed by atoms with Gasteiger partial charge in [0.25, 0.3) is 6.61 Å². The Morgan fingerprint density at radius 2 is 1.71 bits per heavy atom. The van der Waals surface area contributed by atoms with Crippen LogP contribution in [0.1, 0.15) is 30.2 Å². The van der Waals surface area contributed by atoms with Gasteiger partial charge in [-0.3, -0.25) is 0 Å². The van der Waals surface area contributed by atoms with E-state index in [2.05, 4.69) is 97.3 Å². The molecule has 5 rings (SSSR count). The zero-order valence-electron chi connectivity index (χ0n) is 19.4. The summed E-state index contributed by atoms with van der Waals surface area (Å²) >= 11 is 3.71. The second kappa shape index (κ2) is 10.7. The predicted octanol–water partition coefficient (Wildman–Crippen LogP) is 7.16. The van der Waals surface area contributed by atoms with E-state index in [1.807, 2.05) is 37.4 Å². The molecule has 0 amide bonds. The van der Waals surface area contributed by atoms with Crippen molar-refractivity contribution in [3.05, 3.63) is 117 Å². The average Bonchev–Trinajstić information content (AvgIpc) is 3.15. The number of hydrogen-bond acceptors (Lipinski definition) is 2. The number of rotatable bonds is 5. The molecule has 3 atom stereocenters. The largest absolute Gasteiger partial charge is 0.352 e. The maximum Gasteiger partial charge on any atom is 0.346 e. The molecule has 2 aliphatic carbocycles. The quantitative estimate of drug-likeness (QED) is 0.252. The van der Waals surface area contributed by atoms with E-state index < -0.39 is 0 Å². The fraction of sp³-hybridized carbons (Fsp3) is 0.233. The number of carbonyl (C=O) groups excluding carboxylic acids is 2. The van der Waals surface area contributed by atoms with Crippen LogP contribution in [0.15, 0.2) is 106 Å². The molecule has 0 aromatic heterocycles. The Labute approximate surface area is 210 Å². The number of allylic oxidation sites excluding steroid dienone is 13. The highest BCUT2D eigenvalue weighted by molar-refractivity contribution is 8.12. The van der Waals surface area contributed by atoms with E-state index in [0.717, 1.165) is 5.57 Å². The highest BCUT2D eigenvalue weighted by atomic mass is 32.2. The number of hydrogen-bond donors (Lipinski definition) is 0. The van der Waals surface area contributed by atoms with Crippen molar-refractivity contribution in [2.24, 2.45) is 11.8 Å². The van der Waals surface area contributed by atoms with Crippen molar-refractivity contribution in [3.63, 3.8) is 0 Å². The van der Waals surface area contributed by atoms with E-state index in [0.29, 0.717) is 13.2 Å². The Morgan fingerprint density at radius 3 is 2.50 bits per heavy atom. The third-order valence-corrected chi connectivity index (χ3v) is 8.65. The Hall–Kier alpha value is -2.78. The van der Waals surface area contributed by atoms with E-state index in [9.17, 15) is 0 Å². The van der Waals surface area contributed by atoms with E-state index in [-0.39, 0.29) is 17.1 Å². The smallest absolute Gasteiger partial charge is 0.346 e. The van der Waals surface area contributed by atoms with Gasteiger partial charge in [-0.05, 0) is 15.4 Å². The summed E-state index contributed by atoms with van der Waals surface area (Å²) in [6.45, 7) is 5.22. The monoisotopic (exact) mass is 483 g/mol. The minimum atomic E-state index is 0.168. The van der Waals surface area contributed by atoms with Gasteiger partial charge in [0.15, 0.2) is 0 Å². The fourth-order valence-electron chi connectivity index (χ4n) is 4.40. The molecule has 0 N–H and O–H groups in total. The lowest BCUT2D eigenvalue weighted by Gasteiger charge is -2.16. The van der Waals surface area contributed by atoms with Crippen LogP contribution in [0.4, 0.5) is 0 Å². The lowest BCUT2D eigenvalue weighted by atomic mass is 9.92. The maximum atomic E-state index is 5.68. The van der Waals surface area contributed by atoms with Crippen LogP contribution in [-0.4, -0.2) is 25.4 Å². The summed E-state index contributed by atoms with van der Waals surface area (Å²) in [5.74, 6) is 3.67. The van der Waals surface area contributed by atoms with Crippen LogP contribution in [0.5, 0.6) is 0 Å². The minimum absolute atomic E-state index is 0.168. The number of thioether (sulfide) groups is 2. The summed E-state index contributed by atoms with van der Waals surface area (Å²) < 4.78 is 11.4. The number of benzene rings is 1. The van der Waals surface area contributed by atoms with Gasteiger partial charge in [-0.2, -0.15) is 11.8 Å². The SMILES string of the molecule is CC[O+]=C=C1C2C=CC=CC=C2SC1c1cccc(C2=C([C-]=[O+]CC)C3C=CC=CC=C3S2)c1. The van der Waals surface area contributed by atoms with Gasteiger partial charge in [0.2, 0.25) is 12.9 Å². The van der Waals surface area contributed by atoms with Gasteiger partial charge >= 0.3 is 5.94 Å².